The van der Waals surface area contributed by atoms with Gasteiger partial charge in [-0.3, -0.25) is 14.9 Å². The standard InChI is InChI=1S/C24H35N5O4S/c1-16-13-18(9-10-19(16)21(31)29-22-28-14-17(2)34-22)27-15-20(30)25-11-7-6-8-12-26-23(32)33-24(3,4)5/h9-10,13-14,27H,6-8,11-12,15H2,1-5H3,(H,25,30)(H,26,32)(H,28,29,31). The molecule has 9 nitrogen and oxygen atoms in total. The SMILES string of the molecule is Cc1cnc(NC(=O)c2ccc(NCC(=O)NCCCCCNC(=O)OC(C)(C)C)cc2C)s1. The van der Waals surface area contributed by atoms with Gasteiger partial charge in [0.15, 0.2) is 5.13 Å². The second kappa shape index (κ2) is 12.9. The number of ether oxygens (including phenoxy) is 1. The number of nitrogens with zero attached hydrogens (tertiary/aromatic N) is 1. The molecular formula is C24H35N5O4S. The van der Waals surface area contributed by atoms with E-state index in [1.165, 1.54) is 11.3 Å². The Balaban J connectivity index is 1.62. The first kappa shape index (κ1) is 27.1. The van der Waals surface area contributed by atoms with E-state index in [4.69, 9.17) is 4.74 Å². The molecule has 0 saturated heterocycles. The van der Waals surface area contributed by atoms with E-state index in [0.29, 0.717) is 23.8 Å². The summed E-state index contributed by atoms with van der Waals surface area (Å²) in [5.41, 5.74) is 1.63. The summed E-state index contributed by atoms with van der Waals surface area (Å²) in [5, 5.41) is 12.0. The maximum atomic E-state index is 12.5. The summed E-state index contributed by atoms with van der Waals surface area (Å²) in [7, 11) is 0. The Bertz CT molecular complexity index is 984. The molecule has 10 heteroatoms. The van der Waals surface area contributed by atoms with Gasteiger partial charge in [0.2, 0.25) is 5.91 Å². The summed E-state index contributed by atoms with van der Waals surface area (Å²) < 4.78 is 5.17. The molecule has 0 unspecified atom stereocenters. The zero-order chi connectivity index (χ0) is 25.1. The molecule has 34 heavy (non-hydrogen) atoms. The fraction of sp³-hybridized carbons (Fsp3) is 0.500. The van der Waals surface area contributed by atoms with E-state index in [0.717, 1.165) is 35.4 Å². The third-order valence-corrected chi connectivity index (χ3v) is 5.44. The Kier molecular flexibility index (Phi) is 10.3. The quantitative estimate of drug-likeness (QED) is 0.350. The number of nitrogens with one attached hydrogen (secondary N) is 4. The highest BCUT2D eigenvalue weighted by molar-refractivity contribution is 7.15. The monoisotopic (exact) mass is 489 g/mol. The summed E-state index contributed by atoms with van der Waals surface area (Å²) in [6.45, 7) is 10.5. The van der Waals surface area contributed by atoms with Gasteiger partial charge < -0.3 is 20.7 Å². The van der Waals surface area contributed by atoms with E-state index >= 15 is 0 Å². The van der Waals surface area contributed by atoms with Crippen molar-refractivity contribution in [3.05, 3.63) is 40.4 Å². The summed E-state index contributed by atoms with van der Waals surface area (Å²) in [6.07, 6.45) is 3.82. The number of carbonyl (C=O) groups is 3. The molecule has 0 atom stereocenters. The van der Waals surface area contributed by atoms with E-state index in [1.54, 1.807) is 18.3 Å². The van der Waals surface area contributed by atoms with Crippen molar-refractivity contribution in [3.8, 4) is 0 Å². The van der Waals surface area contributed by atoms with E-state index in [-0.39, 0.29) is 18.4 Å². The molecule has 0 bridgehead atoms. The van der Waals surface area contributed by atoms with Crippen LogP contribution in [0.3, 0.4) is 0 Å². The van der Waals surface area contributed by atoms with Gasteiger partial charge in [-0.25, -0.2) is 9.78 Å². The maximum Gasteiger partial charge on any atom is 0.407 e. The van der Waals surface area contributed by atoms with Gasteiger partial charge in [0.05, 0.1) is 6.54 Å². The van der Waals surface area contributed by atoms with E-state index in [2.05, 4.69) is 26.3 Å². The summed E-state index contributed by atoms with van der Waals surface area (Å²) >= 11 is 1.42. The fourth-order valence-corrected chi connectivity index (χ4v) is 3.67. The number of alkyl carbamates (subject to hydrolysis) is 1. The van der Waals surface area contributed by atoms with Crippen LogP contribution >= 0.6 is 11.3 Å². The molecule has 2 rings (SSSR count). The molecule has 1 aromatic carbocycles. The first-order chi connectivity index (χ1) is 16.0. The van der Waals surface area contributed by atoms with E-state index < -0.39 is 11.7 Å². The molecule has 0 fully saturated rings. The van der Waals surface area contributed by atoms with Gasteiger partial charge in [-0.15, -0.1) is 11.3 Å². The molecule has 0 saturated carbocycles. The lowest BCUT2D eigenvalue weighted by atomic mass is 10.1. The number of aryl methyl sites for hydroxylation is 2. The Morgan fingerprint density at radius 1 is 1.03 bits per heavy atom. The highest BCUT2D eigenvalue weighted by Crippen LogP contribution is 2.20. The van der Waals surface area contributed by atoms with Crippen molar-refractivity contribution in [1.29, 1.82) is 0 Å². The number of carbonyl (C=O) groups excluding carboxylic acids is 3. The van der Waals surface area contributed by atoms with Gasteiger partial charge in [-0.1, -0.05) is 0 Å². The molecule has 186 valence electrons. The zero-order valence-corrected chi connectivity index (χ0v) is 21.4. The van der Waals surface area contributed by atoms with Crippen LogP contribution in [-0.2, 0) is 9.53 Å². The van der Waals surface area contributed by atoms with Gasteiger partial charge >= 0.3 is 6.09 Å². The smallest absolute Gasteiger partial charge is 0.407 e. The number of hydrogen-bond donors (Lipinski definition) is 4. The molecule has 4 N–H and O–H groups in total. The van der Waals surface area contributed by atoms with Crippen molar-refractivity contribution in [2.75, 3.05) is 30.3 Å². The molecule has 0 radical (unpaired) electrons. The normalized spacial score (nSPS) is 11.0. The Morgan fingerprint density at radius 3 is 2.35 bits per heavy atom. The molecular weight excluding hydrogens is 454 g/mol. The van der Waals surface area contributed by atoms with Crippen LogP contribution in [0, 0.1) is 13.8 Å². The number of amides is 3. The van der Waals surface area contributed by atoms with Crippen LogP contribution in [0.15, 0.2) is 24.4 Å². The topological polar surface area (TPSA) is 121 Å². The predicted octanol–water partition coefficient (Wildman–Crippen LogP) is 4.24. The van der Waals surface area contributed by atoms with Crippen LogP contribution in [0.25, 0.3) is 0 Å². The lowest BCUT2D eigenvalue weighted by Crippen LogP contribution is -2.33. The van der Waals surface area contributed by atoms with E-state index in [9.17, 15) is 14.4 Å². The van der Waals surface area contributed by atoms with Crippen molar-refractivity contribution in [1.82, 2.24) is 15.6 Å². The second-order valence-corrected chi connectivity index (χ2v) is 10.2. The van der Waals surface area contributed by atoms with Crippen LogP contribution in [0.4, 0.5) is 15.6 Å². The lowest BCUT2D eigenvalue weighted by molar-refractivity contribution is -0.119. The minimum atomic E-state index is -0.501. The molecule has 1 heterocycles. The van der Waals surface area contributed by atoms with Crippen molar-refractivity contribution in [3.63, 3.8) is 0 Å². The Hall–Kier alpha value is -3.14. The third kappa shape index (κ3) is 10.2. The first-order valence-electron chi connectivity index (χ1n) is 11.4. The largest absolute Gasteiger partial charge is 0.444 e. The van der Waals surface area contributed by atoms with Crippen molar-refractivity contribution < 1.29 is 19.1 Å². The minimum Gasteiger partial charge on any atom is -0.444 e. The molecule has 2 aromatic rings. The number of anilines is 2. The van der Waals surface area contributed by atoms with Crippen LogP contribution in [0.2, 0.25) is 0 Å². The van der Waals surface area contributed by atoms with Crippen molar-refractivity contribution >= 4 is 40.1 Å². The number of rotatable bonds is 11. The van der Waals surface area contributed by atoms with Crippen molar-refractivity contribution in [2.45, 2.75) is 59.5 Å². The predicted molar refractivity (Wildman–Crippen MR) is 136 cm³/mol. The van der Waals surface area contributed by atoms with Gasteiger partial charge in [0, 0.05) is 35.4 Å². The number of aromatic nitrogens is 1. The molecule has 3 amide bonds. The van der Waals surface area contributed by atoms with E-state index in [1.807, 2.05) is 40.7 Å². The Morgan fingerprint density at radius 2 is 1.74 bits per heavy atom. The second-order valence-electron chi connectivity index (χ2n) is 8.95. The van der Waals surface area contributed by atoms with Crippen LogP contribution in [0.1, 0.15) is 60.8 Å². The first-order valence-corrected chi connectivity index (χ1v) is 12.2. The molecule has 1 aromatic heterocycles. The lowest BCUT2D eigenvalue weighted by Gasteiger charge is -2.19. The Labute approximate surface area is 205 Å². The van der Waals surface area contributed by atoms with Gasteiger partial charge in [0.1, 0.15) is 5.60 Å². The number of hydrogen-bond acceptors (Lipinski definition) is 7. The highest BCUT2D eigenvalue weighted by atomic mass is 32.1. The van der Waals surface area contributed by atoms with Crippen LogP contribution in [0.5, 0.6) is 0 Å². The maximum absolute atomic E-state index is 12.5. The van der Waals surface area contributed by atoms with Gasteiger partial charge in [0.25, 0.3) is 5.91 Å². The van der Waals surface area contributed by atoms with Crippen LogP contribution < -0.4 is 21.3 Å². The number of unbranched alkanes of at least 4 members (excludes halogenated alkanes) is 2. The molecule has 0 aliphatic heterocycles. The average Bonchev–Trinajstić information content (AvgIpc) is 3.14. The van der Waals surface area contributed by atoms with Crippen molar-refractivity contribution in [2.24, 2.45) is 0 Å². The summed E-state index contributed by atoms with van der Waals surface area (Å²) in [5.74, 6) is -0.317. The number of thiazole rings is 1. The molecule has 0 aliphatic rings. The average molecular weight is 490 g/mol. The molecule has 0 spiro atoms. The number of benzene rings is 1. The zero-order valence-electron chi connectivity index (χ0n) is 20.5. The van der Waals surface area contributed by atoms with Gasteiger partial charge in [-0.2, -0.15) is 0 Å². The highest BCUT2D eigenvalue weighted by Gasteiger charge is 2.15. The fourth-order valence-electron chi connectivity index (χ4n) is 3.01. The van der Waals surface area contributed by atoms with Crippen LogP contribution in [-0.4, -0.2) is 48.1 Å². The van der Waals surface area contributed by atoms with Gasteiger partial charge in [-0.05, 0) is 77.6 Å². The molecule has 0 aliphatic carbocycles. The summed E-state index contributed by atoms with van der Waals surface area (Å²) in [6, 6.07) is 5.35. The minimum absolute atomic E-state index is 0.106. The third-order valence-electron chi connectivity index (χ3n) is 4.61. The summed E-state index contributed by atoms with van der Waals surface area (Å²) in [4.78, 5) is 41.3.